The molecule has 4 nitrogen and oxygen atoms in total. The first-order chi connectivity index (χ1) is 14.9. The molecule has 0 saturated heterocycles. The van der Waals surface area contributed by atoms with Crippen LogP contribution in [0, 0.1) is 18.8 Å². The van der Waals surface area contributed by atoms with Crippen LogP contribution in [0.5, 0.6) is 0 Å². The molecule has 1 N–H and O–H groups in total. The molecule has 0 aliphatic heterocycles. The number of hydrogen-bond acceptors (Lipinski definition) is 3. The van der Waals surface area contributed by atoms with Gasteiger partial charge in [0.2, 0.25) is 0 Å². The molecule has 0 bridgehead atoms. The Morgan fingerprint density at radius 3 is 2.61 bits per heavy atom. The number of fused-ring (bicyclic) bond motifs is 1. The van der Waals surface area contributed by atoms with Gasteiger partial charge in [0.1, 0.15) is 0 Å². The van der Waals surface area contributed by atoms with Crippen molar-refractivity contribution in [3.63, 3.8) is 0 Å². The summed E-state index contributed by atoms with van der Waals surface area (Å²) in [6.45, 7) is 2.32. The molecule has 0 radical (unpaired) electrons. The van der Waals surface area contributed by atoms with Crippen molar-refractivity contribution in [2.45, 2.75) is 19.9 Å². The highest BCUT2D eigenvalue weighted by molar-refractivity contribution is 9.10. The van der Waals surface area contributed by atoms with Crippen LogP contribution in [0.1, 0.15) is 32.7 Å². The summed E-state index contributed by atoms with van der Waals surface area (Å²) < 4.78 is 3.65. The maximum atomic E-state index is 13.2. The van der Waals surface area contributed by atoms with E-state index in [0.29, 0.717) is 24.0 Å². The summed E-state index contributed by atoms with van der Waals surface area (Å²) in [7, 11) is 0. The van der Waals surface area contributed by atoms with Gasteiger partial charge in [-0.25, -0.2) is 4.79 Å². The lowest BCUT2D eigenvalue weighted by Gasteiger charge is -2.13. The van der Waals surface area contributed by atoms with Crippen molar-refractivity contribution >= 4 is 43.3 Å². The lowest BCUT2D eigenvalue weighted by Crippen LogP contribution is -2.24. The van der Waals surface area contributed by atoms with E-state index in [1.807, 2.05) is 42.6 Å². The number of carbonyl (C=O) groups is 1. The molecule has 0 aliphatic rings. The zero-order valence-corrected chi connectivity index (χ0v) is 19.1. The average Bonchev–Trinajstić information content (AvgIpc) is 3.25. The number of carboxylic acids is 1. The summed E-state index contributed by atoms with van der Waals surface area (Å²) >= 11 is 5.02. The summed E-state index contributed by atoms with van der Waals surface area (Å²) in [6.07, 6.45) is 0.572. The third-order valence-electron chi connectivity index (χ3n) is 5.04. The van der Waals surface area contributed by atoms with Gasteiger partial charge < -0.3 is 5.11 Å². The molecule has 0 atom stereocenters. The number of benzene rings is 2. The van der Waals surface area contributed by atoms with Crippen molar-refractivity contribution in [3.05, 3.63) is 103 Å². The average molecular weight is 492 g/mol. The number of hydrogen-bond donors (Lipinski definition) is 1. The van der Waals surface area contributed by atoms with Crippen LogP contribution in [0.15, 0.2) is 69.2 Å². The first kappa shape index (κ1) is 21.1. The van der Waals surface area contributed by atoms with Crippen molar-refractivity contribution in [2.24, 2.45) is 0 Å². The van der Waals surface area contributed by atoms with E-state index in [9.17, 15) is 9.59 Å². The number of rotatable bonds is 4. The summed E-state index contributed by atoms with van der Waals surface area (Å²) in [5.41, 5.74) is 3.74. The summed E-state index contributed by atoms with van der Waals surface area (Å²) in [4.78, 5) is 24.3. The minimum absolute atomic E-state index is 0.0871. The van der Waals surface area contributed by atoms with Crippen molar-refractivity contribution < 1.29 is 9.90 Å². The zero-order chi connectivity index (χ0) is 22.0. The molecule has 4 rings (SSSR count). The second-order valence-electron chi connectivity index (χ2n) is 7.14. The number of thiophene rings is 1. The quantitative estimate of drug-likeness (QED) is 0.384. The predicted molar refractivity (Wildman–Crippen MR) is 128 cm³/mol. The highest BCUT2D eigenvalue weighted by Gasteiger charge is 2.14. The molecule has 2 heterocycles. The SMILES string of the molecule is Cc1c(C#CCc2cccc(Br)c2)n(Cc2ccc(C(=O)O)cc2)c(=O)c2ccsc12. The number of pyridine rings is 1. The van der Waals surface area contributed by atoms with Gasteiger partial charge in [0.25, 0.3) is 5.56 Å². The molecule has 2 aromatic heterocycles. The van der Waals surface area contributed by atoms with Gasteiger partial charge in [0.05, 0.1) is 23.2 Å². The van der Waals surface area contributed by atoms with E-state index in [1.165, 1.54) is 0 Å². The molecule has 2 aromatic carbocycles. The second-order valence-corrected chi connectivity index (χ2v) is 8.97. The Hall–Kier alpha value is -3.14. The number of nitrogens with zero attached hydrogens (tertiary/aromatic N) is 1. The van der Waals surface area contributed by atoms with Crippen LogP contribution in [0.2, 0.25) is 0 Å². The number of aromatic nitrogens is 1. The number of carboxylic acid groups (broad SMARTS) is 1. The molecule has 0 spiro atoms. The Bertz CT molecular complexity index is 1400. The van der Waals surface area contributed by atoms with Gasteiger partial charge in [0.15, 0.2) is 0 Å². The summed E-state index contributed by atoms with van der Waals surface area (Å²) in [6, 6.07) is 16.4. The van der Waals surface area contributed by atoms with Gasteiger partial charge in [-0.15, -0.1) is 11.3 Å². The Morgan fingerprint density at radius 1 is 1.13 bits per heavy atom. The third kappa shape index (κ3) is 4.48. The fourth-order valence-corrected chi connectivity index (χ4v) is 4.79. The van der Waals surface area contributed by atoms with Gasteiger partial charge in [0, 0.05) is 15.6 Å². The van der Waals surface area contributed by atoms with Crippen LogP contribution in [-0.2, 0) is 13.0 Å². The van der Waals surface area contributed by atoms with E-state index in [0.717, 1.165) is 25.9 Å². The van der Waals surface area contributed by atoms with Gasteiger partial charge in [-0.3, -0.25) is 9.36 Å². The Labute approximate surface area is 191 Å². The number of halogens is 1. The number of aryl methyl sites for hydroxylation is 1. The molecule has 154 valence electrons. The normalized spacial score (nSPS) is 10.6. The zero-order valence-electron chi connectivity index (χ0n) is 16.7. The maximum absolute atomic E-state index is 13.2. The smallest absolute Gasteiger partial charge is 0.335 e. The second kappa shape index (κ2) is 8.93. The Kier molecular flexibility index (Phi) is 6.08. The van der Waals surface area contributed by atoms with Gasteiger partial charge in [-0.05, 0) is 65.2 Å². The molecule has 0 aliphatic carbocycles. The van der Waals surface area contributed by atoms with E-state index >= 15 is 0 Å². The van der Waals surface area contributed by atoms with Gasteiger partial charge >= 0.3 is 5.97 Å². The van der Waals surface area contributed by atoms with Crippen LogP contribution >= 0.6 is 27.3 Å². The molecule has 0 amide bonds. The minimum atomic E-state index is -0.974. The van der Waals surface area contributed by atoms with Crippen LogP contribution in [-0.4, -0.2) is 15.6 Å². The van der Waals surface area contributed by atoms with Gasteiger partial charge in [-0.2, -0.15) is 0 Å². The van der Waals surface area contributed by atoms with Crippen LogP contribution in [0.3, 0.4) is 0 Å². The predicted octanol–water partition coefficient (Wildman–Crippen LogP) is 5.47. The van der Waals surface area contributed by atoms with Crippen LogP contribution < -0.4 is 5.56 Å². The molecular formula is C25H18BrNO3S. The van der Waals surface area contributed by atoms with Crippen molar-refractivity contribution in [2.75, 3.05) is 0 Å². The van der Waals surface area contributed by atoms with Crippen molar-refractivity contribution in [3.8, 4) is 11.8 Å². The highest BCUT2D eigenvalue weighted by Crippen LogP contribution is 2.24. The topological polar surface area (TPSA) is 59.3 Å². The monoisotopic (exact) mass is 491 g/mol. The van der Waals surface area contributed by atoms with E-state index in [4.69, 9.17) is 5.11 Å². The lowest BCUT2D eigenvalue weighted by molar-refractivity contribution is 0.0697. The van der Waals surface area contributed by atoms with Crippen molar-refractivity contribution in [1.29, 1.82) is 0 Å². The summed E-state index contributed by atoms with van der Waals surface area (Å²) in [5.74, 6) is 5.48. The van der Waals surface area contributed by atoms with E-state index in [2.05, 4.69) is 27.8 Å². The fourth-order valence-electron chi connectivity index (χ4n) is 3.45. The first-order valence-corrected chi connectivity index (χ1v) is 11.3. The third-order valence-corrected chi connectivity index (χ3v) is 6.56. The molecule has 0 fully saturated rings. The van der Waals surface area contributed by atoms with Crippen LogP contribution in [0.4, 0.5) is 0 Å². The van der Waals surface area contributed by atoms with E-state index in [1.54, 1.807) is 40.2 Å². The van der Waals surface area contributed by atoms with Crippen LogP contribution in [0.25, 0.3) is 10.1 Å². The Morgan fingerprint density at radius 2 is 1.90 bits per heavy atom. The van der Waals surface area contributed by atoms with Gasteiger partial charge in [-0.1, -0.05) is 46.1 Å². The minimum Gasteiger partial charge on any atom is -0.478 e. The molecule has 31 heavy (non-hydrogen) atoms. The van der Waals surface area contributed by atoms with E-state index < -0.39 is 5.97 Å². The fraction of sp³-hybridized carbons (Fsp3) is 0.120. The largest absolute Gasteiger partial charge is 0.478 e. The van der Waals surface area contributed by atoms with Crippen molar-refractivity contribution in [1.82, 2.24) is 4.57 Å². The molecule has 0 saturated carbocycles. The lowest BCUT2D eigenvalue weighted by atomic mass is 10.1. The molecule has 0 unspecified atom stereocenters. The standard InChI is InChI=1S/C25H18BrNO3S/c1-16-22(7-3-5-17-4-2-6-20(26)14-17)27(24(28)21-12-13-31-23(16)21)15-18-8-10-19(11-9-18)25(29)30/h2,4,6,8-14H,5,15H2,1H3,(H,29,30). The van der Waals surface area contributed by atoms with E-state index in [-0.39, 0.29) is 11.1 Å². The number of aromatic carboxylic acids is 1. The molecular weight excluding hydrogens is 474 g/mol. The first-order valence-electron chi connectivity index (χ1n) is 9.60. The molecule has 4 aromatic rings. The Balaban J connectivity index is 1.76. The summed E-state index contributed by atoms with van der Waals surface area (Å²) in [5, 5.41) is 11.7. The maximum Gasteiger partial charge on any atom is 0.335 e. The molecule has 6 heteroatoms. The highest BCUT2D eigenvalue weighted by atomic mass is 79.9.